The first kappa shape index (κ1) is 14.6. The van der Waals surface area contributed by atoms with E-state index in [1.807, 2.05) is 54.6 Å². The van der Waals surface area contributed by atoms with Crippen LogP contribution in [0, 0.1) is 0 Å². The number of rotatable bonds is 3. The van der Waals surface area contributed by atoms with E-state index in [9.17, 15) is 4.79 Å². The number of para-hydroxylation sites is 1. The molecule has 0 heterocycles. The molecule has 0 bridgehead atoms. The monoisotopic (exact) mass is 295 g/mol. The molecule has 1 aliphatic rings. The number of nitrogens with one attached hydrogen (secondary N) is 1. The van der Waals surface area contributed by atoms with Gasteiger partial charge < -0.3 is 4.74 Å². The minimum atomic E-state index is -0.352. The molecule has 1 N–H and O–H groups in total. The Balaban J connectivity index is 1.71. The highest BCUT2D eigenvalue weighted by molar-refractivity contribution is 5.91. The zero-order valence-electron chi connectivity index (χ0n) is 12.6. The standard InChI is InChI=1S/C19H21NO2/c21-19(22-16-11-5-2-6-12-16)20-18-14-8-7-13-17(18)15-9-3-1-4-10-15/h1,3-4,7-10,13-14,16H,2,5-6,11-12H2,(H,20,21). The molecule has 1 fully saturated rings. The topological polar surface area (TPSA) is 38.3 Å². The Morgan fingerprint density at radius 1 is 0.909 bits per heavy atom. The van der Waals surface area contributed by atoms with Crippen LogP contribution < -0.4 is 5.32 Å². The number of benzene rings is 2. The average molecular weight is 295 g/mol. The smallest absolute Gasteiger partial charge is 0.411 e. The summed E-state index contributed by atoms with van der Waals surface area (Å²) in [6.45, 7) is 0. The largest absolute Gasteiger partial charge is 0.446 e. The fourth-order valence-electron chi connectivity index (χ4n) is 2.94. The first-order valence-corrected chi connectivity index (χ1v) is 7.95. The highest BCUT2D eigenvalue weighted by atomic mass is 16.6. The van der Waals surface area contributed by atoms with Crippen LogP contribution >= 0.6 is 0 Å². The molecule has 0 atom stereocenters. The van der Waals surface area contributed by atoms with Crippen LogP contribution in [-0.2, 0) is 4.74 Å². The minimum Gasteiger partial charge on any atom is -0.446 e. The quantitative estimate of drug-likeness (QED) is 0.841. The molecule has 1 saturated carbocycles. The lowest BCUT2D eigenvalue weighted by atomic mass is 9.98. The third-order valence-electron chi connectivity index (χ3n) is 4.07. The fourth-order valence-corrected chi connectivity index (χ4v) is 2.94. The van der Waals surface area contributed by atoms with Gasteiger partial charge in [0.2, 0.25) is 0 Å². The third kappa shape index (κ3) is 3.67. The van der Waals surface area contributed by atoms with Crippen molar-refractivity contribution in [3.05, 3.63) is 54.6 Å². The van der Waals surface area contributed by atoms with Crippen LogP contribution in [0.2, 0.25) is 0 Å². The molecular formula is C19H21NO2. The lowest BCUT2D eigenvalue weighted by Gasteiger charge is -2.22. The third-order valence-corrected chi connectivity index (χ3v) is 4.07. The van der Waals surface area contributed by atoms with Crippen molar-refractivity contribution in [1.82, 2.24) is 0 Å². The SMILES string of the molecule is O=C(Nc1ccccc1-c1ccccc1)OC1CCCCC1. The summed E-state index contributed by atoms with van der Waals surface area (Å²) in [5, 5.41) is 2.90. The molecule has 0 saturated heterocycles. The Morgan fingerprint density at radius 2 is 1.59 bits per heavy atom. The van der Waals surface area contributed by atoms with Crippen molar-refractivity contribution in [2.75, 3.05) is 5.32 Å². The van der Waals surface area contributed by atoms with Crippen LogP contribution in [0.15, 0.2) is 54.6 Å². The summed E-state index contributed by atoms with van der Waals surface area (Å²) in [6, 6.07) is 17.8. The van der Waals surface area contributed by atoms with Crippen LogP contribution in [0.1, 0.15) is 32.1 Å². The molecule has 22 heavy (non-hydrogen) atoms. The Kier molecular flexibility index (Phi) is 4.74. The molecule has 3 heteroatoms. The van der Waals surface area contributed by atoms with Crippen LogP contribution in [0.5, 0.6) is 0 Å². The first-order chi connectivity index (χ1) is 10.8. The highest BCUT2D eigenvalue weighted by Crippen LogP contribution is 2.28. The van der Waals surface area contributed by atoms with Crippen molar-refractivity contribution in [1.29, 1.82) is 0 Å². The molecule has 0 spiro atoms. The Morgan fingerprint density at radius 3 is 2.36 bits per heavy atom. The fraction of sp³-hybridized carbons (Fsp3) is 0.316. The van der Waals surface area contributed by atoms with E-state index in [1.165, 1.54) is 6.42 Å². The molecule has 114 valence electrons. The van der Waals surface area contributed by atoms with Crippen LogP contribution in [0.3, 0.4) is 0 Å². The summed E-state index contributed by atoms with van der Waals surface area (Å²) >= 11 is 0. The molecule has 3 rings (SSSR count). The molecule has 0 aromatic heterocycles. The summed E-state index contributed by atoms with van der Waals surface area (Å²) in [7, 11) is 0. The summed E-state index contributed by atoms with van der Waals surface area (Å²) in [5.74, 6) is 0. The lowest BCUT2D eigenvalue weighted by Crippen LogP contribution is -2.24. The van der Waals surface area contributed by atoms with E-state index in [-0.39, 0.29) is 12.2 Å². The van der Waals surface area contributed by atoms with Gasteiger partial charge in [-0.05, 0) is 37.3 Å². The van der Waals surface area contributed by atoms with E-state index in [2.05, 4.69) is 5.32 Å². The van der Waals surface area contributed by atoms with Crippen molar-refractivity contribution in [3.8, 4) is 11.1 Å². The van der Waals surface area contributed by atoms with Gasteiger partial charge in [-0.15, -0.1) is 0 Å². The second-order valence-electron chi connectivity index (χ2n) is 5.70. The number of anilines is 1. The second kappa shape index (κ2) is 7.12. The van der Waals surface area contributed by atoms with Crippen molar-refractivity contribution < 1.29 is 9.53 Å². The van der Waals surface area contributed by atoms with E-state index in [4.69, 9.17) is 4.74 Å². The maximum absolute atomic E-state index is 12.1. The van der Waals surface area contributed by atoms with E-state index in [0.717, 1.165) is 42.5 Å². The number of amides is 1. The molecule has 3 nitrogen and oxygen atoms in total. The van der Waals surface area contributed by atoms with Gasteiger partial charge in [0.1, 0.15) is 6.10 Å². The highest BCUT2D eigenvalue weighted by Gasteiger charge is 2.18. The normalized spacial score (nSPS) is 15.3. The second-order valence-corrected chi connectivity index (χ2v) is 5.70. The summed E-state index contributed by atoms with van der Waals surface area (Å²) < 4.78 is 5.54. The molecule has 2 aromatic rings. The van der Waals surface area contributed by atoms with Gasteiger partial charge in [-0.1, -0.05) is 55.0 Å². The van der Waals surface area contributed by atoms with Crippen LogP contribution in [-0.4, -0.2) is 12.2 Å². The van der Waals surface area contributed by atoms with Crippen molar-refractivity contribution in [2.45, 2.75) is 38.2 Å². The molecule has 2 aromatic carbocycles. The predicted octanol–water partition coefficient (Wildman–Crippen LogP) is 5.23. The van der Waals surface area contributed by atoms with Crippen LogP contribution in [0.25, 0.3) is 11.1 Å². The molecule has 0 unspecified atom stereocenters. The first-order valence-electron chi connectivity index (χ1n) is 7.95. The van der Waals surface area contributed by atoms with Gasteiger partial charge in [-0.25, -0.2) is 4.79 Å². The number of hydrogen-bond donors (Lipinski definition) is 1. The van der Waals surface area contributed by atoms with Gasteiger partial charge in [-0.2, -0.15) is 0 Å². The van der Waals surface area contributed by atoms with Gasteiger partial charge in [-0.3, -0.25) is 5.32 Å². The number of hydrogen-bond acceptors (Lipinski definition) is 2. The van der Waals surface area contributed by atoms with Crippen molar-refractivity contribution in [3.63, 3.8) is 0 Å². The molecule has 0 aliphatic heterocycles. The molecule has 0 radical (unpaired) electrons. The van der Waals surface area contributed by atoms with Crippen LogP contribution in [0.4, 0.5) is 10.5 Å². The Bertz CT molecular complexity index is 618. The number of ether oxygens (including phenoxy) is 1. The van der Waals surface area contributed by atoms with Crippen molar-refractivity contribution >= 4 is 11.8 Å². The van der Waals surface area contributed by atoms with E-state index in [1.54, 1.807) is 0 Å². The molecular weight excluding hydrogens is 274 g/mol. The summed E-state index contributed by atoms with van der Waals surface area (Å²) in [6.07, 6.45) is 5.23. The van der Waals surface area contributed by atoms with Crippen molar-refractivity contribution in [2.24, 2.45) is 0 Å². The van der Waals surface area contributed by atoms with Gasteiger partial charge in [0.25, 0.3) is 0 Å². The van der Waals surface area contributed by atoms with E-state index >= 15 is 0 Å². The molecule has 1 aliphatic carbocycles. The Labute approximate surface area is 131 Å². The van der Waals surface area contributed by atoms with Gasteiger partial charge >= 0.3 is 6.09 Å². The van der Waals surface area contributed by atoms with E-state index < -0.39 is 0 Å². The molecule has 1 amide bonds. The van der Waals surface area contributed by atoms with Gasteiger partial charge in [0.15, 0.2) is 0 Å². The summed E-state index contributed by atoms with van der Waals surface area (Å²) in [5.41, 5.74) is 2.87. The summed E-state index contributed by atoms with van der Waals surface area (Å²) in [4.78, 5) is 12.1. The predicted molar refractivity (Wildman–Crippen MR) is 88.9 cm³/mol. The zero-order valence-corrected chi connectivity index (χ0v) is 12.6. The minimum absolute atomic E-state index is 0.0673. The van der Waals surface area contributed by atoms with Gasteiger partial charge in [0.05, 0.1) is 5.69 Å². The average Bonchev–Trinajstić information content (AvgIpc) is 2.57. The van der Waals surface area contributed by atoms with E-state index in [0.29, 0.717) is 0 Å². The number of carbonyl (C=O) groups is 1. The zero-order chi connectivity index (χ0) is 15.2. The lowest BCUT2D eigenvalue weighted by molar-refractivity contribution is 0.0865. The maximum atomic E-state index is 12.1. The number of carbonyl (C=O) groups excluding carboxylic acids is 1. The Hall–Kier alpha value is -2.29. The van der Waals surface area contributed by atoms with Gasteiger partial charge in [0, 0.05) is 5.56 Å². The maximum Gasteiger partial charge on any atom is 0.411 e.